The summed E-state index contributed by atoms with van der Waals surface area (Å²) in [5.74, 6) is 0.539. The van der Waals surface area contributed by atoms with E-state index in [1.54, 1.807) is 19.2 Å². The molecule has 3 nitrogen and oxygen atoms in total. The van der Waals surface area contributed by atoms with Gasteiger partial charge in [-0.05, 0) is 32.5 Å². The highest BCUT2D eigenvalue weighted by Crippen LogP contribution is 2.22. The van der Waals surface area contributed by atoms with E-state index >= 15 is 0 Å². The zero-order valence-corrected chi connectivity index (χ0v) is 10.5. The first-order valence-corrected chi connectivity index (χ1v) is 5.73. The molecule has 0 spiro atoms. The highest BCUT2D eigenvalue weighted by Gasteiger charge is 2.26. The summed E-state index contributed by atoms with van der Waals surface area (Å²) in [6.45, 7) is 2.42. The van der Waals surface area contributed by atoms with Crippen LogP contribution < -0.4 is 10.1 Å². The van der Waals surface area contributed by atoms with Gasteiger partial charge in [0.25, 0.3) is 0 Å². The second-order valence-corrected chi connectivity index (χ2v) is 3.99. The lowest BCUT2D eigenvalue weighted by Gasteiger charge is -2.12. The van der Waals surface area contributed by atoms with Crippen molar-refractivity contribution in [3.8, 4) is 5.75 Å². The van der Waals surface area contributed by atoms with Gasteiger partial charge >= 0.3 is 6.18 Å². The van der Waals surface area contributed by atoms with Crippen LogP contribution in [0.2, 0.25) is 0 Å². The van der Waals surface area contributed by atoms with Crippen molar-refractivity contribution >= 4 is 0 Å². The Morgan fingerprint density at radius 1 is 1.33 bits per heavy atom. The minimum Gasteiger partial charge on any atom is -0.492 e. The topological polar surface area (TPSA) is 34.2 Å². The first kappa shape index (κ1) is 14.8. The van der Waals surface area contributed by atoms with Crippen LogP contribution in [0.5, 0.6) is 5.75 Å². The molecule has 0 saturated heterocycles. The Morgan fingerprint density at radius 3 is 2.67 bits per heavy atom. The van der Waals surface area contributed by atoms with Gasteiger partial charge < -0.3 is 10.1 Å². The fraction of sp³-hybridized carbons (Fsp3) is 0.583. The van der Waals surface area contributed by atoms with Gasteiger partial charge in [-0.25, -0.2) is 0 Å². The maximum absolute atomic E-state index is 12.0. The van der Waals surface area contributed by atoms with Crippen LogP contribution in [0.3, 0.4) is 0 Å². The van der Waals surface area contributed by atoms with E-state index in [0.29, 0.717) is 18.0 Å². The van der Waals surface area contributed by atoms with Crippen molar-refractivity contribution in [1.82, 2.24) is 10.3 Å². The number of halogens is 3. The molecular weight excluding hydrogens is 245 g/mol. The third-order valence-corrected chi connectivity index (χ3v) is 2.28. The van der Waals surface area contributed by atoms with Crippen molar-refractivity contribution in [2.45, 2.75) is 32.5 Å². The monoisotopic (exact) mass is 262 g/mol. The molecule has 1 rings (SSSR count). The first-order chi connectivity index (χ1) is 8.42. The fourth-order valence-corrected chi connectivity index (χ4v) is 1.48. The molecule has 0 aliphatic rings. The zero-order valence-electron chi connectivity index (χ0n) is 10.5. The van der Waals surface area contributed by atoms with Crippen LogP contribution in [0.25, 0.3) is 0 Å². The fourth-order valence-electron chi connectivity index (χ4n) is 1.48. The van der Waals surface area contributed by atoms with E-state index in [1.165, 1.54) is 0 Å². The van der Waals surface area contributed by atoms with Crippen LogP contribution >= 0.6 is 0 Å². The third kappa shape index (κ3) is 5.35. The molecule has 0 amide bonds. The Balaban J connectivity index is 2.51. The Kier molecular flexibility index (Phi) is 5.40. The number of ether oxygens (including phenoxy) is 1. The number of nitrogens with one attached hydrogen (secondary N) is 1. The quantitative estimate of drug-likeness (QED) is 0.800. The number of rotatable bonds is 6. The van der Waals surface area contributed by atoms with Gasteiger partial charge in [0.2, 0.25) is 0 Å². The summed E-state index contributed by atoms with van der Waals surface area (Å²) < 4.78 is 41.2. The van der Waals surface area contributed by atoms with Crippen molar-refractivity contribution < 1.29 is 17.9 Å². The lowest BCUT2D eigenvalue weighted by molar-refractivity contribution is -0.136. The third-order valence-electron chi connectivity index (χ3n) is 2.28. The molecule has 1 heterocycles. The lowest BCUT2D eigenvalue weighted by Crippen LogP contribution is -2.12. The molecule has 1 N–H and O–H groups in total. The zero-order chi connectivity index (χ0) is 13.6. The summed E-state index contributed by atoms with van der Waals surface area (Å²) in [4.78, 5) is 4.28. The van der Waals surface area contributed by atoms with E-state index in [-0.39, 0.29) is 13.0 Å². The van der Waals surface area contributed by atoms with Crippen LogP contribution in [0, 0.1) is 6.92 Å². The SMILES string of the molecule is CNCc1nc(C)ccc1OCCCC(F)(F)F. The average molecular weight is 262 g/mol. The van der Waals surface area contributed by atoms with Gasteiger partial charge in [0.15, 0.2) is 0 Å². The van der Waals surface area contributed by atoms with Crippen molar-refractivity contribution in [2.75, 3.05) is 13.7 Å². The summed E-state index contributed by atoms with van der Waals surface area (Å²) in [6, 6.07) is 3.51. The summed E-state index contributed by atoms with van der Waals surface area (Å²) >= 11 is 0. The maximum atomic E-state index is 12.0. The van der Waals surface area contributed by atoms with Crippen LogP contribution in [0.15, 0.2) is 12.1 Å². The average Bonchev–Trinajstić information content (AvgIpc) is 2.26. The van der Waals surface area contributed by atoms with E-state index in [9.17, 15) is 13.2 Å². The maximum Gasteiger partial charge on any atom is 0.389 e. The summed E-state index contributed by atoms with van der Waals surface area (Å²) in [6.07, 6.45) is -4.99. The van der Waals surface area contributed by atoms with Crippen molar-refractivity contribution in [1.29, 1.82) is 0 Å². The number of alkyl halides is 3. The highest BCUT2D eigenvalue weighted by molar-refractivity contribution is 5.29. The van der Waals surface area contributed by atoms with Crippen LogP contribution in [-0.4, -0.2) is 24.8 Å². The summed E-state index contributed by atoms with van der Waals surface area (Å²) in [7, 11) is 1.78. The second-order valence-electron chi connectivity index (χ2n) is 3.99. The molecule has 1 aromatic heterocycles. The van der Waals surface area contributed by atoms with Gasteiger partial charge in [-0.1, -0.05) is 0 Å². The van der Waals surface area contributed by atoms with Gasteiger partial charge in [0.05, 0.1) is 12.3 Å². The van der Waals surface area contributed by atoms with Crippen molar-refractivity contribution in [3.63, 3.8) is 0 Å². The molecule has 0 aliphatic heterocycles. The highest BCUT2D eigenvalue weighted by atomic mass is 19.4. The van der Waals surface area contributed by atoms with Crippen LogP contribution in [0.1, 0.15) is 24.2 Å². The number of aromatic nitrogens is 1. The molecule has 0 aliphatic carbocycles. The van der Waals surface area contributed by atoms with Crippen LogP contribution in [-0.2, 0) is 6.54 Å². The molecular formula is C12H17F3N2O. The second kappa shape index (κ2) is 6.58. The molecule has 0 unspecified atom stereocenters. The number of pyridine rings is 1. The van der Waals surface area contributed by atoms with E-state index in [4.69, 9.17) is 4.74 Å². The number of aryl methyl sites for hydroxylation is 1. The van der Waals surface area contributed by atoms with E-state index in [1.807, 2.05) is 6.92 Å². The van der Waals surface area contributed by atoms with Crippen molar-refractivity contribution in [2.24, 2.45) is 0 Å². The predicted octanol–water partition coefficient (Wildman–Crippen LogP) is 2.83. The Bertz CT molecular complexity index is 380. The number of nitrogens with zero attached hydrogens (tertiary/aromatic N) is 1. The largest absolute Gasteiger partial charge is 0.492 e. The molecule has 0 bridgehead atoms. The van der Waals surface area contributed by atoms with Crippen LogP contribution in [0.4, 0.5) is 13.2 Å². The summed E-state index contributed by atoms with van der Waals surface area (Å²) in [5.41, 5.74) is 1.56. The predicted molar refractivity (Wildman–Crippen MR) is 62.5 cm³/mol. The first-order valence-electron chi connectivity index (χ1n) is 5.73. The number of hydrogen-bond donors (Lipinski definition) is 1. The Hall–Kier alpha value is -1.30. The van der Waals surface area contributed by atoms with E-state index < -0.39 is 12.6 Å². The Morgan fingerprint density at radius 2 is 2.06 bits per heavy atom. The summed E-state index contributed by atoms with van der Waals surface area (Å²) in [5, 5.41) is 2.94. The molecule has 0 radical (unpaired) electrons. The molecule has 0 atom stereocenters. The normalized spacial score (nSPS) is 11.6. The van der Waals surface area contributed by atoms with Gasteiger partial charge in [-0.15, -0.1) is 0 Å². The molecule has 1 aromatic rings. The molecule has 102 valence electrons. The van der Waals surface area contributed by atoms with E-state index in [0.717, 1.165) is 5.69 Å². The molecule has 18 heavy (non-hydrogen) atoms. The molecule has 0 aromatic carbocycles. The van der Waals surface area contributed by atoms with Gasteiger partial charge in [-0.3, -0.25) is 4.98 Å². The van der Waals surface area contributed by atoms with E-state index in [2.05, 4.69) is 10.3 Å². The van der Waals surface area contributed by atoms with Gasteiger partial charge in [0.1, 0.15) is 5.75 Å². The molecule has 0 fully saturated rings. The lowest BCUT2D eigenvalue weighted by atomic mass is 10.2. The molecule has 6 heteroatoms. The van der Waals surface area contributed by atoms with Crippen molar-refractivity contribution in [3.05, 3.63) is 23.5 Å². The minimum atomic E-state index is -4.12. The minimum absolute atomic E-state index is 0.0426. The van der Waals surface area contributed by atoms with Gasteiger partial charge in [0, 0.05) is 18.7 Å². The Labute approximate surface area is 104 Å². The molecule has 0 saturated carbocycles. The van der Waals surface area contributed by atoms with Gasteiger partial charge in [-0.2, -0.15) is 13.2 Å². The standard InChI is InChI=1S/C12H17F3N2O/c1-9-4-5-11(10(17-9)8-16-2)18-7-3-6-12(13,14)15/h4-5,16H,3,6-8H2,1-2H3. The smallest absolute Gasteiger partial charge is 0.389 e. The number of hydrogen-bond acceptors (Lipinski definition) is 3.